The van der Waals surface area contributed by atoms with Crippen LogP contribution in [-0.4, -0.2) is 25.2 Å². The van der Waals surface area contributed by atoms with E-state index in [2.05, 4.69) is 26.1 Å². The summed E-state index contributed by atoms with van der Waals surface area (Å²) in [6, 6.07) is 4.31. The SMILES string of the molecule is CCNC1CCN(c2cc(F)ccc2F)C(C)C1C. The summed E-state index contributed by atoms with van der Waals surface area (Å²) in [6.45, 7) is 8.04. The van der Waals surface area contributed by atoms with Crippen LogP contribution in [0.1, 0.15) is 27.2 Å². The first-order valence-corrected chi connectivity index (χ1v) is 6.99. The smallest absolute Gasteiger partial charge is 0.146 e. The molecule has 0 amide bonds. The highest BCUT2D eigenvalue weighted by atomic mass is 19.1. The summed E-state index contributed by atoms with van der Waals surface area (Å²) >= 11 is 0. The maximum absolute atomic E-state index is 13.9. The number of halogens is 2. The maximum Gasteiger partial charge on any atom is 0.146 e. The summed E-state index contributed by atoms with van der Waals surface area (Å²) in [5.41, 5.74) is 0.384. The van der Waals surface area contributed by atoms with Gasteiger partial charge in [0.1, 0.15) is 11.6 Å². The normalized spacial score (nSPS) is 27.6. The number of benzene rings is 1. The zero-order chi connectivity index (χ0) is 14.0. The number of nitrogens with one attached hydrogen (secondary N) is 1. The molecule has 1 aromatic carbocycles. The highest BCUT2D eigenvalue weighted by molar-refractivity contribution is 5.49. The van der Waals surface area contributed by atoms with Gasteiger partial charge in [-0.2, -0.15) is 0 Å². The second-order valence-corrected chi connectivity index (χ2v) is 5.34. The molecule has 0 saturated carbocycles. The Morgan fingerprint density at radius 2 is 2.05 bits per heavy atom. The number of rotatable bonds is 3. The second kappa shape index (κ2) is 5.87. The fraction of sp³-hybridized carbons (Fsp3) is 0.600. The van der Waals surface area contributed by atoms with Gasteiger partial charge in [-0.1, -0.05) is 13.8 Å². The van der Waals surface area contributed by atoms with Gasteiger partial charge >= 0.3 is 0 Å². The van der Waals surface area contributed by atoms with E-state index in [0.717, 1.165) is 25.6 Å². The minimum atomic E-state index is -0.384. The highest BCUT2D eigenvalue weighted by Gasteiger charge is 2.33. The van der Waals surface area contributed by atoms with Crippen molar-refractivity contribution in [3.05, 3.63) is 29.8 Å². The van der Waals surface area contributed by atoms with Gasteiger partial charge in [0.25, 0.3) is 0 Å². The Balaban J connectivity index is 2.20. The van der Waals surface area contributed by atoms with Crippen LogP contribution in [0.3, 0.4) is 0 Å². The Bertz CT molecular complexity index is 436. The van der Waals surface area contributed by atoms with Crippen LogP contribution in [0.2, 0.25) is 0 Å². The van der Waals surface area contributed by atoms with Gasteiger partial charge < -0.3 is 10.2 Å². The van der Waals surface area contributed by atoms with Crippen molar-refractivity contribution >= 4 is 5.69 Å². The third-order valence-corrected chi connectivity index (χ3v) is 4.25. The van der Waals surface area contributed by atoms with E-state index in [9.17, 15) is 8.78 Å². The van der Waals surface area contributed by atoms with Crippen molar-refractivity contribution in [3.8, 4) is 0 Å². The molecule has 19 heavy (non-hydrogen) atoms. The lowest BCUT2D eigenvalue weighted by Crippen LogP contribution is -2.53. The molecule has 1 heterocycles. The molecule has 0 aromatic heterocycles. The molecule has 1 N–H and O–H groups in total. The van der Waals surface area contributed by atoms with E-state index in [-0.39, 0.29) is 17.7 Å². The predicted molar refractivity (Wildman–Crippen MR) is 74.4 cm³/mol. The lowest BCUT2D eigenvalue weighted by atomic mass is 9.86. The average Bonchev–Trinajstić information content (AvgIpc) is 2.39. The fourth-order valence-corrected chi connectivity index (χ4v) is 2.96. The van der Waals surface area contributed by atoms with Gasteiger partial charge in [-0.15, -0.1) is 0 Å². The van der Waals surface area contributed by atoms with Crippen LogP contribution >= 0.6 is 0 Å². The van der Waals surface area contributed by atoms with Crippen LogP contribution < -0.4 is 10.2 Å². The summed E-state index contributed by atoms with van der Waals surface area (Å²) in [5, 5.41) is 3.47. The quantitative estimate of drug-likeness (QED) is 0.905. The molecule has 1 aliphatic rings. The monoisotopic (exact) mass is 268 g/mol. The van der Waals surface area contributed by atoms with Crippen molar-refractivity contribution in [2.45, 2.75) is 39.3 Å². The largest absolute Gasteiger partial charge is 0.366 e. The zero-order valence-electron chi connectivity index (χ0n) is 11.8. The van der Waals surface area contributed by atoms with Crippen molar-refractivity contribution in [1.29, 1.82) is 0 Å². The van der Waals surface area contributed by atoms with Crippen LogP contribution in [0.4, 0.5) is 14.5 Å². The number of piperidine rings is 1. The minimum absolute atomic E-state index is 0.189. The van der Waals surface area contributed by atoms with Gasteiger partial charge in [0.2, 0.25) is 0 Å². The van der Waals surface area contributed by atoms with Crippen molar-refractivity contribution in [1.82, 2.24) is 5.32 Å². The molecule has 0 radical (unpaired) electrons. The Morgan fingerprint density at radius 1 is 1.32 bits per heavy atom. The first-order chi connectivity index (χ1) is 9.04. The Morgan fingerprint density at radius 3 is 2.74 bits per heavy atom. The standard InChI is InChI=1S/C15H22F2N2/c1-4-18-14-7-8-19(11(3)10(14)2)15-9-12(16)5-6-13(15)17/h5-6,9-11,14,18H,4,7-8H2,1-3H3. The molecule has 2 nitrogen and oxygen atoms in total. The lowest BCUT2D eigenvalue weighted by Gasteiger charge is -2.44. The van der Waals surface area contributed by atoms with E-state index < -0.39 is 0 Å². The van der Waals surface area contributed by atoms with Crippen molar-refractivity contribution in [2.24, 2.45) is 5.92 Å². The predicted octanol–water partition coefficient (Wildman–Crippen LogP) is 3.18. The van der Waals surface area contributed by atoms with E-state index in [1.165, 1.54) is 12.1 Å². The van der Waals surface area contributed by atoms with Crippen molar-refractivity contribution in [2.75, 3.05) is 18.0 Å². The second-order valence-electron chi connectivity index (χ2n) is 5.34. The van der Waals surface area contributed by atoms with Gasteiger partial charge in [-0.05, 0) is 37.9 Å². The molecule has 0 bridgehead atoms. The molecule has 1 fully saturated rings. The maximum atomic E-state index is 13.9. The third-order valence-electron chi connectivity index (χ3n) is 4.25. The van der Waals surface area contributed by atoms with Crippen LogP contribution in [-0.2, 0) is 0 Å². The molecule has 3 unspecified atom stereocenters. The van der Waals surface area contributed by atoms with Gasteiger partial charge in [0.05, 0.1) is 5.69 Å². The third kappa shape index (κ3) is 2.89. The van der Waals surface area contributed by atoms with Gasteiger partial charge in [0.15, 0.2) is 0 Å². The Kier molecular flexibility index (Phi) is 4.40. The fourth-order valence-electron chi connectivity index (χ4n) is 2.96. The molecular weight excluding hydrogens is 246 g/mol. The lowest BCUT2D eigenvalue weighted by molar-refractivity contribution is 0.272. The Hall–Kier alpha value is -1.16. The summed E-state index contributed by atoms with van der Waals surface area (Å²) in [7, 11) is 0. The molecule has 0 aliphatic carbocycles. The first kappa shape index (κ1) is 14.3. The minimum Gasteiger partial charge on any atom is -0.366 e. The van der Waals surface area contributed by atoms with Crippen LogP contribution in [0.5, 0.6) is 0 Å². The summed E-state index contributed by atoms with van der Waals surface area (Å²) in [4.78, 5) is 1.98. The number of nitrogens with zero attached hydrogens (tertiary/aromatic N) is 1. The molecule has 1 saturated heterocycles. The molecule has 106 valence electrons. The summed E-state index contributed by atoms with van der Waals surface area (Å²) < 4.78 is 27.2. The van der Waals surface area contributed by atoms with E-state index in [0.29, 0.717) is 17.6 Å². The number of hydrogen-bond acceptors (Lipinski definition) is 2. The van der Waals surface area contributed by atoms with E-state index >= 15 is 0 Å². The average molecular weight is 268 g/mol. The molecular formula is C15H22F2N2. The van der Waals surface area contributed by atoms with E-state index in [1.807, 2.05) is 4.90 Å². The Labute approximate surface area is 113 Å². The van der Waals surface area contributed by atoms with Crippen LogP contribution in [0.25, 0.3) is 0 Å². The molecule has 2 rings (SSSR count). The first-order valence-electron chi connectivity index (χ1n) is 6.99. The van der Waals surface area contributed by atoms with Crippen LogP contribution in [0, 0.1) is 17.6 Å². The highest BCUT2D eigenvalue weighted by Crippen LogP contribution is 2.30. The van der Waals surface area contributed by atoms with Crippen molar-refractivity contribution in [3.63, 3.8) is 0 Å². The molecule has 1 aliphatic heterocycles. The van der Waals surface area contributed by atoms with Gasteiger partial charge in [0, 0.05) is 24.7 Å². The van der Waals surface area contributed by atoms with E-state index in [4.69, 9.17) is 0 Å². The zero-order valence-corrected chi connectivity index (χ0v) is 11.8. The summed E-state index contributed by atoms with van der Waals surface area (Å²) in [6.07, 6.45) is 0.954. The van der Waals surface area contributed by atoms with Gasteiger partial charge in [-0.25, -0.2) is 8.78 Å². The molecule has 1 aromatic rings. The van der Waals surface area contributed by atoms with Crippen LogP contribution in [0.15, 0.2) is 18.2 Å². The molecule has 0 spiro atoms. The number of hydrogen-bond donors (Lipinski definition) is 1. The topological polar surface area (TPSA) is 15.3 Å². The van der Waals surface area contributed by atoms with Crippen molar-refractivity contribution < 1.29 is 8.78 Å². The van der Waals surface area contributed by atoms with E-state index in [1.54, 1.807) is 0 Å². The van der Waals surface area contributed by atoms with Gasteiger partial charge in [-0.3, -0.25) is 0 Å². The summed E-state index contributed by atoms with van der Waals surface area (Å²) in [5.74, 6) is -0.330. The molecule has 3 atom stereocenters. The number of anilines is 1. The molecule has 4 heteroatoms.